The summed E-state index contributed by atoms with van der Waals surface area (Å²) in [6, 6.07) is 0. The predicted molar refractivity (Wildman–Crippen MR) is 158 cm³/mol. The Bertz CT molecular complexity index is 1020. The Morgan fingerprint density at radius 1 is 0.694 bits per heavy atom. The fraction of sp³-hybridized carbons (Fsp3) is 1.00. The van der Waals surface area contributed by atoms with Gasteiger partial charge in [-0.25, -0.2) is 0 Å². The molecule has 3 saturated heterocycles. The van der Waals surface area contributed by atoms with Crippen molar-refractivity contribution < 1.29 is 103 Å². The van der Waals surface area contributed by atoms with Crippen molar-refractivity contribution in [2.75, 3.05) is 53.4 Å². The van der Waals surface area contributed by atoms with Crippen molar-refractivity contribution in [2.45, 2.75) is 117 Å². The quantitative estimate of drug-likeness (QED) is 0.0616. The zero-order chi connectivity index (χ0) is 36.8. The van der Waals surface area contributed by atoms with Gasteiger partial charge >= 0.3 is 7.60 Å². The lowest BCUT2D eigenvalue weighted by atomic mass is 9.93. The van der Waals surface area contributed by atoms with E-state index in [1.807, 2.05) is 0 Å². The standard InChI is InChI=1S/C27H51O21P/c1-10-17(33)25(22(38)27(45-10)48-23(11(31)4-28)12(32)7-44-49(3,39)40)42-8-15-20(36)26(19(35)14(6-30)46-15)43-9-16-24(41-2)21(37)18(34)13(5-29)47-16/h10-38H,4-9H2,1-3H3,(H,39,40)/t10?,11?,12?,13?,14?,15-,16-,17+,18+,19-,20?,21-,22?,23?,24?,25+,26-,27+/m1/s1. The predicted octanol–water partition coefficient (Wildman–Crippen LogP) is -6.87. The molecule has 0 aromatic rings. The lowest BCUT2D eigenvalue weighted by Crippen LogP contribution is -2.64. The third-order valence-corrected chi connectivity index (χ3v) is 9.24. The maximum Gasteiger partial charge on any atom is 0.325 e. The van der Waals surface area contributed by atoms with Gasteiger partial charge in [0.15, 0.2) is 6.29 Å². The number of hydrogen-bond donors (Lipinski definition) is 12. The first-order valence-electron chi connectivity index (χ1n) is 15.6. The molecule has 0 spiro atoms. The molecule has 0 bridgehead atoms. The Kier molecular flexibility index (Phi) is 16.6. The smallest absolute Gasteiger partial charge is 0.325 e. The Morgan fingerprint density at radius 3 is 1.78 bits per heavy atom. The van der Waals surface area contributed by atoms with E-state index in [9.17, 15) is 65.6 Å². The SMILES string of the molecule is COC1[C@@H](CO[C@H]2C(O)[C@@H](CO[C@@H]3C(O)[C@H](OC(C(O)CO)C(O)COP(C)(=O)O)OC(C)[C@@H]3O)OC(CO)[C@H]2O)OC(CO)[C@H](O)[C@H]1O. The van der Waals surface area contributed by atoms with Crippen molar-refractivity contribution in [3.63, 3.8) is 0 Å². The second-order valence-corrected chi connectivity index (χ2v) is 14.1. The van der Waals surface area contributed by atoms with Gasteiger partial charge in [-0.2, -0.15) is 0 Å². The molecule has 0 aliphatic carbocycles. The van der Waals surface area contributed by atoms with E-state index in [-0.39, 0.29) is 0 Å². The molecule has 3 fully saturated rings. The van der Waals surface area contributed by atoms with Crippen molar-refractivity contribution in [1.82, 2.24) is 0 Å². The maximum atomic E-state index is 11.5. The average Bonchev–Trinajstić information content (AvgIpc) is 3.06. The summed E-state index contributed by atoms with van der Waals surface area (Å²) in [5.41, 5.74) is 0. The molecular weight excluding hydrogens is 691 g/mol. The third-order valence-electron chi connectivity index (χ3n) is 8.61. The van der Waals surface area contributed by atoms with E-state index in [1.165, 1.54) is 14.0 Å². The van der Waals surface area contributed by atoms with Crippen LogP contribution in [0.2, 0.25) is 0 Å². The Morgan fingerprint density at radius 2 is 1.22 bits per heavy atom. The van der Waals surface area contributed by atoms with Crippen LogP contribution in [0, 0.1) is 0 Å². The monoisotopic (exact) mass is 742 g/mol. The molecule has 22 heteroatoms. The number of methoxy groups -OCH3 is 1. The molecule has 3 aliphatic heterocycles. The van der Waals surface area contributed by atoms with Crippen LogP contribution in [0.3, 0.4) is 0 Å². The summed E-state index contributed by atoms with van der Waals surface area (Å²) in [7, 11) is -2.81. The van der Waals surface area contributed by atoms with Crippen LogP contribution in [-0.4, -0.2) is 225 Å². The van der Waals surface area contributed by atoms with Gasteiger partial charge in [0.1, 0.15) is 97.7 Å². The summed E-state index contributed by atoms with van der Waals surface area (Å²) in [5.74, 6) is 0. The normalized spacial score (nSPS) is 43.4. The summed E-state index contributed by atoms with van der Waals surface area (Å²) in [6.07, 6.45) is -26.7. The van der Waals surface area contributed by atoms with Gasteiger partial charge in [-0.05, 0) is 6.92 Å². The minimum Gasteiger partial charge on any atom is -0.394 e. The molecule has 0 radical (unpaired) electrons. The van der Waals surface area contributed by atoms with E-state index >= 15 is 0 Å². The van der Waals surface area contributed by atoms with Crippen LogP contribution < -0.4 is 0 Å². The fourth-order valence-corrected chi connectivity index (χ4v) is 6.24. The van der Waals surface area contributed by atoms with Gasteiger partial charge in [-0.1, -0.05) is 0 Å². The lowest BCUT2D eigenvalue weighted by Gasteiger charge is -2.46. The zero-order valence-electron chi connectivity index (χ0n) is 27.1. The summed E-state index contributed by atoms with van der Waals surface area (Å²) in [4.78, 5) is 9.36. The van der Waals surface area contributed by atoms with Crippen LogP contribution in [-0.2, 0) is 42.2 Å². The van der Waals surface area contributed by atoms with E-state index in [4.69, 9.17) is 33.2 Å². The van der Waals surface area contributed by atoms with Crippen molar-refractivity contribution in [3.8, 4) is 0 Å². The first kappa shape index (κ1) is 42.8. The minimum absolute atomic E-state index is 0.427. The second kappa shape index (κ2) is 19.0. The highest BCUT2D eigenvalue weighted by Crippen LogP contribution is 2.37. The molecule has 49 heavy (non-hydrogen) atoms. The highest BCUT2D eigenvalue weighted by molar-refractivity contribution is 7.51. The average molecular weight is 743 g/mol. The van der Waals surface area contributed by atoms with E-state index in [1.54, 1.807) is 0 Å². The van der Waals surface area contributed by atoms with Gasteiger partial charge in [0.05, 0.1) is 45.7 Å². The minimum atomic E-state index is -4.05. The zero-order valence-corrected chi connectivity index (χ0v) is 28.0. The highest BCUT2D eigenvalue weighted by Gasteiger charge is 2.50. The number of ether oxygens (including phenoxy) is 7. The molecule has 0 aromatic heterocycles. The highest BCUT2D eigenvalue weighted by atomic mass is 31.2. The summed E-state index contributed by atoms with van der Waals surface area (Å²) >= 11 is 0. The Labute approximate surface area is 281 Å². The fourth-order valence-electron chi connectivity index (χ4n) is 5.81. The molecule has 0 aromatic carbocycles. The van der Waals surface area contributed by atoms with E-state index in [0.717, 1.165) is 6.66 Å². The molecule has 3 heterocycles. The van der Waals surface area contributed by atoms with Crippen molar-refractivity contribution >= 4 is 7.60 Å². The summed E-state index contributed by atoms with van der Waals surface area (Å²) in [6.45, 7) is -1.90. The Hall–Kier alpha value is -0.570. The molecule has 19 atom stereocenters. The molecule has 0 saturated carbocycles. The number of aliphatic hydroxyl groups is 11. The van der Waals surface area contributed by atoms with Crippen molar-refractivity contribution in [1.29, 1.82) is 0 Å². The second-order valence-electron chi connectivity index (χ2n) is 12.3. The van der Waals surface area contributed by atoms with Crippen LogP contribution in [0.4, 0.5) is 0 Å². The van der Waals surface area contributed by atoms with Crippen LogP contribution in [0.25, 0.3) is 0 Å². The van der Waals surface area contributed by atoms with E-state index < -0.39 is 157 Å². The molecule has 3 aliphatic rings. The Balaban J connectivity index is 1.70. The van der Waals surface area contributed by atoms with Gasteiger partial charge in [-0.3, -0.25) is 4.57 Å². The molecule has 290 valence electrons. The number of hydrogen-bond acceptors (Lipinski definition) is 20. The third kappa shape index (κ3) is 10.7. The molecule has 10 unspecified atom stereocenters. The largest absolute Gasteiger partial charge is 0.394 e. The molecule has 21 nitrogen and oxygen atoms in total. The summed E-state index contributed by atoms with van der Waals surface area (Å²) in [5, 5.41) is 114. The van der Waals surface area contributed by atoms with Gasteiger partial charge in [0.25, 0.3) is 0 Å². The number of aliphatic hydroxyl groups excluding tert-OH is 11. The van der Waals surface area contributed by atoms with E-state index in [0.29, 0.717) is 0 Å². The van der Waals surface area contributed by atoms with Crippen LogP contribution in [0.1, 0.15) is 6.92 Å². The van der Waals surface area contributed by atoms with Gasteiger partial charge < -0.3 is 98.7 Å². The maximum absolute atomic E-state index is 11.5. The van der Waals surface area contributed by atoms with Gasteiger partial charge in [0.2, 0.25) is 0 Å². The first-order valence-corrected chi connectivity index (χ1v) is 17.6. The number of rotatable bonds is 17. The first-order chi connectivity index (χ1) is 23.0. The molecule has 12 N–H and O–H groups in total. The van der Waals surface area contributed by atoms with Crippen LogP contribution >= 0.6 is 7.60 Å². The topological polar surface area (TPSA) is 334 Å². The summed E-state index contributed by atoms with van der Waals surface area (Å²) < 4.78 is 55.1. The molecule has 3 rings (SSSR count). The van der Waals surface area contributed by atoms with Gasteiger partial charge in [0, 0.05) is 13.8 Å². The van der Waals surface area contributed by atoms with Crippen molar-refractivity contribution in [3.05, 3.63) is 0 Å². The van der Waals surface area contributed by atoms with Crippen molar-refractivity contribution in [2.24, 2.45) is 0 Å². The van der Waals surface area contributed by atoms with E-state index in [2.05, 4.69) is 4.52 Å². The van der Waals surface area contributed by atoms with Crippen LogP contribution in [0.5, 0.6) is 0 Å². The van der Waals surface area contributed by atoms with Gasteiger partial charge in [-0.15, -0.1) is 0 Å². The molecular formula is C27H51O21P. The van der Waals surface area contributed by atoms with Crippen LogP contribution in [0.15, 0.2) is 0 Å². The lowest BCUT2D eigenvalue weighted by molar-refractivity contribution is -0.329. The molecule has 0 amide bonds.